The van der Waals surface area contributed by atoms with Gasteiger partial charge < -0.3 is 5.32 Å². The molecule has 0 aliphatic carbocycles. The first kappa shape index (κ1) is 15.0. The van der Waals surface area contributed by atoms with Crippen LogP contribution in [0, 0.1) is 11.3 Å². The van der Waals surface area contributed by atoms with Crippen molar-refractivity contribution >= 4 is 31.5 Å². The fourth-order valence-electron chi connectivity index (χ4n) is 1.39. The van der Waals surface area contributed by atoms with Crippen LogP contribution in [0.4, 0.5) is 5.69 Å². The smallest absolute Gasteiger partial charge is 0.150 e. The Bertz CT molecular complexity index is 550. The van der Waals surface area contributed by atoms with Gasteiger partial charge in [0, 0.05) is 22.5 Å². The van der Waals surface area contributed by atoms with Gasteiger partial charge in [0.25, 0.3) is 0 Å². The van der Waals surface area contributed by atoms with Crippen LogP contribution in [0.25, 0.3) is 0 Å². The van der Waals surface area contributed by atoms with Crippen LogP contribution in [0.15, 0.2) is 22.7 Å². The number of hydrogen-bond donors (Lipinski definition) is 1. The van der Waals surface area contributed by atoms with Crippen molar-refractivity contribution < 1.29 is 8.42 Å². The fourth-order valence-corrected chi connectivity index (χ4v) is 2.78. The number of hydrogen-bond acceptors (Lipinski definition) is 4. The number of rotatable bonds is 6. The quantitative estimate of drug-likeness (QED) is 0.814. The lowest BCUT2D eigenvalue weighted by atomic mass is 10.2. The van der Waals surface area contributed by atoms with Crippen LogP contribution in [0.1, 0.15) is 18.9 Å². The summed E-state index contributed by atoms with van der Waals surface area (Å²) in [6.07, 6.45) is 0.572. The molecule has 0 heterocycles. The van der Waals surface area contributed by atoms with E-state index in [1.165, 1.54) is 0 Å². The number of anilines is 1. The average molecular weight is 331 g/mol. The molecule has 0 spiro atoms. The van der Waals surface area contributed by atoms with Gasteiger partial charge in [-0.2, -0.15) is 5.26 Å². The number of sulfone groups is 1. The molecule has 1 aromatic rings. The van der Waals surface area contributed by atoms with Crippen molar-refractivity contribution in [2.75, 3.05) is 23.4 Å². The molecule has 0 bridgehead atoms. The van der Waals surface area contributed by atoms with Gasteiger partial charge in [-0.1, -0.05) is 6.92 Å². The van der Waals surface area contributed by atoms with Crippen LogP contribution in [0.3, 0.4) is 0 Å². The van der Waals surface area contributed by atoms with Crippen molar-refractivity contribution in [1.82, 2.24) is 0 Å². The summed E-state index contributed by atoms with van der Waals surface area (Å²) in [7, 11) is -2.89. The van der Waals surface area contributed by atoms with E-state index in [1.54, 1.807) is 25.1 Å². The van der Waals surface area contributed by atoms with Crippen molar-refractivity contribution in [2.45, 2.75) is 13.3 Å². The van der Waals surface area contributed by atoms with Gasteiger partial charge in [-0.15, -0.1) is 0 Å². The van der Waals surface area contributed by atoms with E-state index in [1.807, 2.05) is 0 Å². The van der Waals surface area contributed by atoms with E-state index in [2.05, 4.69) is 27.3 Å². The lowest BCUT2D eigenvalue weighted by molar-refractivity contribution is 0.595. The van der Waals surface area contributed by atoms with E-state index in [9.17, 15) is 8.42 Å². The second-order valence-electron chi connectivity index (χ2n) is 3.82. The number of halogens is 1. The summed E-state index contributed by atoms with van der Waals surface area (Å²) in [6.45, 7) is 2.24. The fraction of sp³-hybridized carbons (Fsp3) is 0.417. The maximum absolute atomic E-state index is 11.3. The second kappa shape index (κ2) is 6.76. The molecule has 1 N–H and O–H groups in total. The minimum absolute atomic E-state index is 0.188. The van der Waals surface area contributed by atoms with Crippen LogP contribution < -0.4 is 5.32 Å². The van der Waals surface area contributed by atoms with Gasteiger partial charge in [-0.3, -0.25) is 0 Å². The molecule has 0 radical (unpaired) electrons. The molecule has 1 aromatic carbocycles. The molecule has 0 saturated carbocycles. The molecule has 1 rings (SSSR count). The predicted octanol–water partition coefficient (Wildman–Crippen LogP) is 2.56. The summed E-state index contributed by atoms with van der Waals surface area (Å²) in [4.78, 5) is 0. The first-order valence-electron chi connectivity index (χ1n) is 5.62. The van der Waals surface area contributed by atoms with Gasteiger partial charge in [0.15, 0.2) is 0 Å². The minimum Gasteiger partial charge on any atom is -0.384 e. The molecule has 98 valence electrons. The lowest BCUT2D eigenvalue weighted by Gasteiger charge is -2.08. The molecule has 0 aromatic heterocycles. The SMILES string of the molecule is CCS(=O)(=O)CCCNc1ccc(C#N)cc1Br. The number of benzene rings is 1. The summed E-state index contributed by atoms with van der Waals surface area (Å²) in [5.74, 6) is 0.387. The van der Waals surface area contributed by atoms with Crippen molar-refractivity contribution in [3.05, 3.63) is 28.2 Å². The molecular formula is C12H15BrN2O2S. The summed E-state index contributed by atoms with van der Waals surface area (Å²) in [5.41, 5.74) is 1.45. The highest BCUT2D eigenvalue weighted by molar-refractivity contribution is 9.10. The Kier molecular flexibility index (Phi) is 5.63. The van der Waals surface area contributed by atoms with E-state index in [0.717, 1.165) is 10.2 Å². The Hall–Kier alpha value is -1.06. The average Bonchev–Trinajstić information content (AvgIpc) is 2.36. The first-order valence-corrected chi connectivity index (χ1v) is 8.24. The normalized spacial score (nSPS) is 10.9. The van der Waals surface area contributed by atoms with E-state index < -0.39 is 9.84 Å². The molecule has 18 heavy (non-hydrogen) atoms. The number of nitriles is 1. The van der Waals surface area contributed by atoms with Crippen molar-refractivity contribution in [2.24, 2.45) is 0 Å². The Balaban J connectivity index is 2.48. The van der Waals surface area contributed by atoms with Gasteiger partial charge >= 0.3 is 0 Å². The second-order valence-corrected chi connectivity index (χ2v) is 7.15. The van der Waals surface area contributed by atoms with Gasteiger partial charge in [0.2, 0.25) is 0 Å². The molecule has 4 nitrogen and oxygen atoms in total. The minimum atomic E-state index is -2.89. The molecular weight excluding hydrogens is 316 g/mol. The molecule has 0 amide bonds. The van der Waals surface area contributed by atoms with E-state index in [-0.39, 0.29) is 11.5 Å². The predicted molar refractivity (Wildman–Crippen MR) is 76.3 cm³/mol. The third-order valence-electron chi connectivity index (χ3n) is 2.49. The summed E-state index contributed by atoms with van der Waals surface area (Å²) < 4.78 is 23.4. The highest BCUT2D eigenvalue weighted by Crippen LogP contribution is 2.23. The standard InChI is InChI=1S/C12H15BrN2O2S/c1-2-18(16,17)7-3-6-15-12-5-4-10(9-14)8-11(12)13/h4-5,8,15H,2-3,6-7H2,1H3. The molecule has 0 saturated heterocycles. The van der Waals surface area contributed by atoms with Gasteiger partial charge in [0.05, 0.1) is 17.4 Å². The largest absolute Gasteiger partial charge is 0.384 e. The third kappa shape index (κ3) is 4.67. The van der Waals surface area contributed by atoms with Crippen LogP contribution in [-0.2, 0) is 9.84 Å². The monoisotopic (exact) mass is 330 g/mol. The van der Waals surface area contributed by atoms with Gasteiger partial charge in [0.1, 0.15) is 9.84 Å². The Labute approximate surface area is 116 Å². The highest BCUT2D eigenvalue weighted by Gasteiger charge is 2.06. The van der Waals surface area contributed by atoms with Crippen molar-refractivity contribution in [1.29, 1.82) is 5.26 Å². The Morgan fingerprint density at radius 3 is 2.72 bits per heavy atom. The van der Waals surface area contributed by atoms with Crippen LogP contribution in [0.5, 0.6) is 0 Å². The van der Waals surface area contributed by atoms with Gasteiger partial charge in [-0.05, 0) is 40.5 Å². The lowest BCUT2D eigenvalue weighted by Crippen LogP contribution is -2.13. The Morgan fingerprint density at radius 2 is 2.17 bits per heavy atom. The number of nitrogens with one attached hydrogen (secondary N) is 1. The van der Waals surface area contributed by atoms with E-state index in [4.69, 9.17) is 5.26 Å². The number of nitrogens with zero attached hydrogens (tertiary/aromatic N) is 1. The summed E-state index contributed by atoms with van der Waals surface area (Å²) in [5, 5.41) is 11.9. The highest BCUT2D eigenvalue weighted by atomic mass is 79.9. The zero-order valence-corrected chi connectivity index (χ0v) is 12.5. The van der Waals surface area contributed by atoms with E-state index in [0.29, 0.717) is 18.5 Å². The van der Waals surface area contributed by atoms with Crippen LogP contribution in [0.2, 0.25) is 0 Å². The summed E-state index contributed by atoms with van der Waals surface area (Å²) >= 11 is 3.36. The van der Waals surface area contributed by atoms with Crippen LogP contribution in [-0.4, -0.2) is 26.5 Å². The van der Waals surface area contributed by atoms with E-state index >= 15 is 0 Å². The van der Waals surface area contributed by atoms with Crippen molar-refractivity contribution in [3.63, 3.8) is 0 Å². The molecule has 0 fully saturated rings. The van der Waals surface area contributed by atoms with Gasteiger partial charge in [-0.25, -0.2) is 8.42 Å². The summed E-state index contributed by atoms with van der Waals surface area (Å²) in [6, 6.07) is 7.30. The third-order valence-corrected chi connectivity index (χ3v) is 4.93. The molecule has 0 unspecified atom stereocenters. The first-order chi connectivity index (χ1) is 8.48. The maximum atomic E-state index is 11.3. The topological polar surface area (TPSA) is 70.0 Å². The molecule has 6 heteroatoms. The zero-order valence-electron chi connectivity index (χ0n) is 10.1. The van der Waals surface area contributed by atoms with Crippen molar-refractivity contribution in [3.8, 4) is 6.07 Å². The maximum Gasteiger partial charge on any atom is 0.150 e. The van der Waals surface area contributed by atoms with Crippen LogP contribution >= 0.6 is 15.9 Å². The molecule has 0 aliphatic rings. The Morgan fingerprint density at radius 1 is 1.44 bits per heavy atom. The molecule has 0 aliphatic heterocycles. The zero-order chi connectivity index (χ0) is 13.6. The molecule has 0 atom stereocenters.